The molecule has 1 amide bonds. The number of nitrogens with one attached hydrogen (secondary N) is 2. The Labute approximate surface area is 107 Å². The number of carbonyl (C=O) groups is 1. The van der Waals surface area contributed by atoms with Gasteiger partial charge in [0.2, 0.25) is 0 Å². The Morgan fingerprint density at radius 1 is 1.35 bits per heavy atom. The van der Waals surface area contributed by atoms with E-state index in [2.05, 4.69) is 10.6 Å². The van der Waals surface area contributed by atoms with Crippen LogP contribution in [-0.2, 0) is 0 Å². The first kappa shape index (κ1) is 12.2. The van der Waals surface area contributed by atoms with E-state index in [1.807, 2.05) is 6.07 Å². The fourth-order valence-corrected chi connectivity index (χ4v) is 2.38. The van der Waals surface area contributed by atoms with Gasteiger partial charge in [-0.1, -0.05) is 24.4 Å². The molecule has 0 radical (unpaired) electrons. The summed E-state index contributed by atoms with van der Waals surface area (Å²) in [6.45, 7) is 0. The number of rotatable bonds is 3. The SMILES string of the molecule is CNC(=O)c1ccc(Cl)c(NC2CCCC2)c1. The number of carbonyl (C=O) groups excluding carboxylic acids is 1. The largest absolute Gasteiger partial charge is 0.381 e. The van der Waals surface area contributed by atoms with Gasteiger partial charge >= 0.3 is 0 Å². The van der Waals surface area contributed by atoms with E-state index in [0.717, 1.165) is 5.69 Å². The minimum absolute atomic E-state index is 0.0869. The Hall–Kier alpha value is -1.22. The molecule has 1 aromatic carbocycles. The summed E-state index contributed by atoms with van der Waals surface area (Å²) in [4.78, 5) is 11.5. The smallest absolute Gasteiger partial charge is 0.251 e. The maximum Gasteiger partial charge on any atom is 0.251 e. The van der Waals surface area contributed by atoms with E-state index in [9.17, 15) is 4.79 Å². The molecule has 0 heterocycles. The lowest BCUT2D eigenvalue weighted by Crippen LogP contribution is -2.19. The standard InChI is InChI=1S/C13H17ClN2O/c1-15-13(17)9-6-7-11(14)12(8-9)16-10-4-2-3-5-10/h6-8,10,16H,2-5H2,1H3,(H,15,17). The average Bonchev–Trinajstić information content (AvgIpc) is 2.84. The molecule has 1 fully saturated rings. The second-order valence-electron chi connectivity index (χ2n) is 4.40. The molecule has 0 bridgehead atoms. The van der Waals surface area contributed by atoms with Gasteiger partial charge in [0.25, 0.3) is 5.91 Å². The number of anilines is 1. The van der Waals surface area contributed by atoms with Crippen LogP contribution in [0.3, 0.4) is 0 Å². The van der Waals surface area contributed by atoms with Crippen molar-refractivity contribution in [1.82, 2.24) is 5.32 Å². The van der Waals surface area contributed by atoms with Gasteiger partial charge in [-0.2, -0.15) is 0 Å². The van der Waals surface area contributed by atoms with Crippen LogP contribution in [0, 0.1) is 0 Å². The van der Waals surface area contributed by atoms with Crippen LogP contribution in [0.25, 0.3) is 0 Å². The van der Waals surface area contributed by atoms with Crippen LogP contribution >= 0.6 is 11.6 Å². The molecule has 0 unspecified atom stereocenters. The van der Waals surface area contributed by atoms with Crippen molar-refractivity contribution in [3.63, 3.8) is 0 Å². The molecule has 0 saturated heterocycles. The first-order chi connectivity index (χ1) is 8.20. The third-order valence-corrected chi connectivity index (χ3v) is 3.50. The van der Waals surface area contributed by atoms with Gasteiger partial charge in [-0.15, -0.1) is 0 Å². The highest BCUT2D eigenvalue weighted by Crippen LogP contribution is 2.28. The summed E-state index contributed by atoms with van der Waals surface area (Å²) in [5, 5.41) is 6.70. The highest BCUT2D eigenvalue weighted by molar-refractivity contribution is 6.33. The number of hydrogen-bond acceptors (Lipinski definition) is 2. The van der Waals surface area contributed by atoms with Gasteiger partial charge in [-0.05, 0) is 31.0 Å². The Kier molecular flexibility index (Phi) is 3.89. The molecule has 17 heavy (non-hydrogen) atoms. The van der Waals surface area contributed by atoms with E-state index < -0.39 is 0 Å². The Bertz CT molecular complexity index is 414. The molecule has 4 heteroatoms. The quantitative estimate of drug-likeness (QED) is 0.868. The van der Waals surface area contributed by atoms with Crippen LogP contribution < -0.4 is 10.6 Å². The zero-order chi connectivity index (χ0) is 12.3. The summed E-state index contributed by atoms with van der Waals surface area (Å²) >= 11 is 6.13. The summed E-state index contributed by atoms with van der Waals surface area (Å²) < 4.78 is 0. The van der Waals surface area contributed by atoms with Crippen molar-refractivity contribution in [2.45, 2.75) is 31.7 Å². The molecular weight excluding hydrogens is 236 g/mol. The van der Waals surface area contributed by atoms with Crippen LogP contribution in [-0.4, -0.2) is 19.0 Å². The Morgan fingerprint density at radius 3 is 2.71 bits per heavy atom. The summed E-state index contributed by atoms with van der Waals surface area (Å²) in [6.07, 6.45) is 4.90. The third-order valence-electron chi connectivity index (χ3n) is 3.17. The molecule has 1 saturated carbocycles. The molecule has 1 aliphatic rings. The lowest BCUT2D eigenvalue weighted by Gasteiger charge is -2.15. The second-order valence-corrected chi connectivity index (χ2v) is 4.81. The summed E-state index contributed by atoms with van der Waals surface area (Å²) in [5.74, 6) is -0.0869. The first-order valence-electron chi connectivity index (χ1n) is 5.99. The molecule has 3 nitrogen and oxygen atoms in total. The topological polar surface area (TPSA) is 41.1 Å². The highest BCUT2D eigenvalue weighted by atomic mass is 35.5. The zero-order valence-corrected chi connectivity index (χ0v) is 10.7. The molecule has 0 aliphatic heterocycles. The predicted molar refractivity (Wildman–Crippen MR) is 70.7 cm³/mol. The molecule has 0 atom stereocenters. The van der Waals surface area contributed by atoms with Gasteiger partial charge in [0.1, 0.15) is 0 Å². The van der Waals surface area contributed by atoms with E-state index in [0.29, 0.717) is 16.6 Å². The van der Waals surface area contributed by atoms with Gasteiger partial charge in [-0.3, -0.25) is 4.79 Å². The first-order valence-corrected chi connectivity index (χ1v) is 6.36. The predicted octanol–water partition coefficient (Wildman–Crippen LogP) is 3.05. The molecule has 1 aromatic rings. The van der Waals surface area contributed by atoms with Crippen molar-refractivity contribution in [3.05, 3.63) is 28.8 Å². The van der Waals surface area contributed by atoms with Crippen LogP contribution in [0.1, 0.15) is 36.0 Å². The number of amides is 1. The van der Waals surface area contributed by atoms with Gasteiger partial charge in [-0.25, -0.2) is 0 Å². The van der Waals surface area contributed by atoms with Gasteiger partial charge < -0.3 is 10.6 Å². The lowest BCUT2D eigenvalue weighted by molar-refractivity contribution is 0.0963. The maximum absolute atomic E-state index is 11.5. The van der Waals surface area contributed by atoms with Crippen LogP contribution in [0.5, 0.6) is 0 Å². The molecule has 92 valence electrons. The number of benzene rings is 1. The molecule has 0 spiro atoms. The van der Waals surface area contributed by atoms with E-state index in [1.54, 1.807) is 19.2 Å². The van der Waals surface area contributed by atoms with Gasteiger partial charge in [0.05, 0.1) is 10.7 Å². The Balaban J connectivity index is 2.16. The monoisotopic (exact) mass is 252 g/mol. The molecule has 2 rings (SSSR count). The molecular formula is C13H17ClN2O. The fraction of sp³-hybridized carbons (Fsp3) is 0.462. The third kappa shape index (κ3) is 2.91. The van der Waals surface area contributed by atoms with Crippen molar-refractivity contribution in [2.24, 2.45) is 0 Å². The minimum Gasteiger partial charge on any atom is -0.381 e. The minimum atomic E-state index is -0.0869. The van der Waals surface area contributed by atoms with Gasteiger partial charge in [0, 0.05) is 18.7 Å². The molecule has 0 aromatic heterocycles. The summed E-state index contributed by atoms with van der Waals surface area (Å²) in [6, 6.07) is 5.82. The van der Waals surface area contributed by atoms with Crippen molar-refractivity contribution in [3.8, 4) is 0 Å². The van der Waals surface area contributed by atoms with Crippen LogP contribution in [0.15, 0.2) is 18.2 Å². The second kappa shape index (κ2) is 5.41. The Morgan fingerprint density at radius 2 is 2.06 bits per heavy atom. The van der Waals surface area contributed by atoms with Crippen molar-refractivity contribution in [1.29, 1.82) is 0 Å². The fourth-order valence-electron chi connectivity index (χ4n) is 2.21. The van der Waals surface area contributed by atoms with E-state index in [-0.39, 0.29) is 5.91 Å². The van der Waals surface area contributed by atoms with E-state index in [1.165, 1.54) is 25.7 Å². The van der Waals surface area contributed by atoms with Crippen molar-refractivity contribution >= 4 is 23.2 Å². The van der Waals surface area contributed by atoms with Crippen molar-refractivity contribution in [2.75, 3.05) is 12.4 Å². The van der Waals surface area contributed by atoms with Crippen molar-refractivity contribution < 1.29 is 4.79 Å². The zero-order valence-electron chi connectivity index (χ0n) is 9.92. The number of halogens is 1. The van der Waals surface area contributed by atoms with Gasteiger partial charge in [0.15, 0.2) is 0 Å². The lowest BCUT2D eigenvalue weighted by atomic mass is 10.1. The number of hydrogen-bond donors (Lipinski definition) is 2. The van der Waals surface area contributed by atoms with Crippen LogP contribution in [0.4, 0.5) is 5.69 Å². The summed E-state index contributed by atoms with van der Waals surface area (Å²) in [5.41, 5.74) is 1.50. The van der Waals surface area contributed by atoms with E-state index >= 15 is 0 Å². The molecule has 2 N–H and O–H groups in total. The maximum atomic E-state index is 11.5. The average molecular weight is 253 g/mol. The molecule has 1 aliphatic carbocycles. The normalized spacial score (nSPS) is 15.9. The van der Waals surface area contributed by atoms with E-state index in [4.69, 9.17) is 11.6 Å². The van der Waals surface area contributed by atoms with Crippen LogP contribution in [0.2, 0.25) is 5.02 Å². The summed E-state index contributed by atoms with van der Waals surface area (Å²) in [7, 11) is 1.63. The highest BCUT2D eigenvalue weighted by Gasteiger charge is 2.16.